The van der Waals surface area contributed by atoms with Crippen LogP contribution < -0.4 is 5.32 Å². The third kappa shape index (κ3) is 4.21. The molecule has 3 aromatic rings. The summed E-state index contributed by atoms with van der Waals surface area (Å²) in [6.07, 6.45) is 2.09. The monoisotopic (exact) mass is 375 g/mol. The van der Waals surface area contributed by atoms with Crippen LogP contribution in [0.3, 0.4) is 0 Å². The van der Waals surface area contributed by atoms with Crippen molar-refractivity contribution >= 4 is 16.9 Å². The molecule has 1 saturated heterocycles. The largest absolute Gasteiger partial charge is 0.478 e. The Bertz CT molecular complexity index is 964. The molecule has 1 aliphatic heterocycles. The molecule has 2 heterocycles. The van der Waals surface area contributed by atoms with Gasteiger partial charge in [-0.05, 0) is 49.7 Å². The van der Waals surface area contributed by atoms with Crippen molar-refractivity contribution in [2.75, 3.05) is 32.7 Å². The normalized spacial score (nSPS) is 15.4. The highest BCUT2D eigenvalue weighted by Gasteiger charge is 2.14. The number of fused-ring (bicyclic) bond motifs is 1. The molecule has 2 N–H and O–H groups in total. The summed E-state index contributed by atoms with van der Waals surface area (Å²) in [6, 6.07) is 17.4. The number of carboxylic acids is 1. The first kappa shape index (κ1) is 18.6. The van der Waals surface area contributed by atoms with Gasteiger partial charge in [0.05, 0.1) is 16.8 Å². The van der Waals surface area contributed by atoms with Gasteiger partial charge in [-0.1, -0.05) is 36.4 Å². The van der Waals surface area contributed by atoms with E-state index in [2.05, 4.69) is 16.3 Å². The van der Waals surface area contributed by atoms with Crippen molar-refractivity contribution in [3.63, 3.8) is 0 Å². The van der Waals surface area contributed by atoms with Crippen LogP contribution in [-0.2, 0) is 6.42 Å². The standard InChI is InChI=1S/C23H25N3O2/c27-23(28)20-16-22(18-5-2-1-3-6-18)25-21-8-7-17(15-19(20)21)9-13-26-12-4-10-24-11-14-26/h1-3,5-8,15-16,24H,4,9-14H2,(H,27,28). The summed E-state index contributed by atoms with van der Waals surface area (Å²) in [5.74, 6) is -0.916. The SMILES string of the molecule is O=C(O)c1cc(-c2ccccc2)nc2ccc(CCN3CCCNCC3)cc12. The third-order valence-corrected chi connectivity index (χ3v) is 5.32. The highest BCUT2D eigenvalue weighted by Crippen LogP contribution is 2.26. The van der Waals surface area contributed by atoms with Crippen LogP contribution in [-0.4, -0.2) is 53.7 Å². The summed E-state index contributed by atoms with van der Waals surface area (Å²) in [7, 11) is 0. The zero-order valence-corrected chi connectivity index (χ0v) is 15.9. The summed E-state index contributed by atoms with van der Waals surface area (Å²) in [5, 5.41) is 13.9. The van der Waals surface area contributed by atoms with E-state index in [4.69, 9.17) is 4.98 Å². The van der Waals surface area contributed by atoms with E-state index in [9.17, 15) is 9.90 Å². The lowest BCUT2D eigenvalue weighted by Gasteiger charge is -2.19. The maximum atomic E-state index is 11.9. The van der Waals surface area contributed by atoms with Crippen LogP contribution in [0.25, 0.3) is 22.2 Å². The second-order valence-electron chi connectivity index (χ2n) is 7.27. The number of rotatable bonds is 5. The molecular formula is C23H25N3O2. The fraction of sp³-hybridized carbons (Fsp3) is 0.304. The number of nitrogens with one attached hydrogen (secondary N) is 1. The predicted molar refractivity (Wildman–Crippen MR) is 112 cm³/mol. The van der Waals surface area contributed by atoms with Gasteiger partial charge >= 0.3 is 5.97 Å². The van der Waals surface area contributed by atoms with E-state index >= 15 is 0 Å². The molecule has 144 valence electrons. The molecule has 0 atom stereocenters. The van der Waals surface area contributed by atoms with Gasteiger partial charge in [-0.3, -0.25) is 0 Å². The maximum Gasteiger partial charge on any atom is 0.336 e. The highest BCUT2D eigenvalue weighted by molar-refractivity contribution is 6.04. The predicted octanol–water partition coefficient (Wildman–Crippen LogP) is 3.44. The Balaban J connectivity index is 1.63. The number of nitrogens with zero attached hydrogens (tertiary/aromatic N) is 2. The number of pyridine rings is 1. The van der Waals surface area contributed by atoms with Crippen LogP contribution in [0.2, 0.25) is 0 Å². The van der Waals surface area contributed by atoms with Crippen LogP contribution in [0.15, 0.2) is 54.6 Å². The number of hydrogen-bond acceptors (Lipinski definition) is 4. The molecule has 4 rings (SSSR count). The van der Waals surface area contributed by atoms with E-state index in [-0.39, 0.29) is 0 Å². The minimum atomic E-state index is -0.916. The molecule has 0 aliphatic carbocycles. The van der Waals surface area contributed by atoms with E-state index < -0.39 is 5.97 Å². The minimum absolute atomic E-state index is 0.310. The Kier molecular flexibility index (Phi) is 5.65. The van der Waals surface area contributed by atoms with Crippen LogP contribution in [0.1, 0.15) is 22.3 Å². The molecule has 0 spiro atoms. The number of aromatic carboxylic acids is 1. The average molecular weight is 375 g/mol. The third-order valence-electron chi connectivity index (χ3n) is 5.32. The summed E-state index contributed by atoms with van der Waals surface area (Å²) in [6.45, 7) is 5.29. The van der Waals surface area contributed by atoms with Gasteiger partial charge in [0.25, 0.3) is 0 Å². The molecular weight excluding hydrogens is 350 g/mol. The zero-order valence-electron chi connectivity index (χ0n) is 15.9. The van der Waals surface area contributed by atoms with Crippen molar-refractivity contribution < 1.29 is 9.90 Å². The van der Waals surface area contributed by atoms with Gasteiger partial charge in [-0.25, -0.2) is 9.78 Å². The quantitative estimate of drug-likeness (QED) is 0.715. The fourth-order valence-electron chi connectivity index (χ4n) is 3.77. The number of hydrogen-bond donors (Lipinski definition) is 2. The van der Waals surface area contributed by atoms with Gasteiger partial charge in [0.15, 0.2) is 0 Å². The van der Waals surface area contributed by atoms with Gasteiger partial charge in [-0.15, -0.1) is 0 Å². The first-order chi connectivity index (χ1) is 13.7. The molecule has 0 radical (unpaired) electrons. The van der Waals surface area contributed by atoms with Crippen LogP contribution in [0, 0.1) is 0 Å². The molecule has 0 amide bonds. The van der Waals surface area contributed by atoms with Crippen molar-refractivity contribution in [3.05, 3.63) is 65.7 Å². The van der Waals surface area contributed by atoms with Crippen molar-refractivity contribution in [2.45, 2.75) is 12.8 Å². The number of aromatic nitrogens is 1. The lowest BCUT2D eigenvalue weighted by atomic mass is 10.0. The first-order valence-corrected chi connectivity index (χ1v) is 9.86. The Hall–Kier alpha value is -2.76. The molecule has 5 heteroatoms. The van der Waals surface area contributed by atoms with Crippen molar-refractivity contribution in [2.24, 2.45) is 0 Å². The topological polar surface area (TPSA) is 65.5 Å². The summed E-state index contributed by atoms with van der Waals surface area (Å²) < 4.78 is 0. The summed E-state index contributed by atoms with van der Waals surface area (Å²) >= 11 is 0. The zero-order chi connectivity index (χ0) is 19.3. The number of benzene rings is 2. The molecule has 28 heavy (non-hydrogen) atoms. The second kappa shape index (κ2) is 8.50. The van der Waals surface area contributed by atoms with Gasteiger partial charge in [0.2, 0.25) is 0 Å². The first-order valence-electron chi connectivity index (χ1n) is 9.86. The smallest absolute Gasteiger partial charge is 0.336 e. The molecule has 1 aromatic heterocycles. The lowest BCUT2D eigenvalue weighted by molar-refractivity contribution is 0.0699. The maximum absolute atomic E-state index is 11.9. The number of carbonyl (C=O) groups is 1. The molecule has 1 fully saturated rings. The lowest BCUT2D eigenvalue weighted by Crippen LogP contribution is -2.30. The molecule has 2 aromatic carbocycles. The van der Waals surface area contributed by atoms with E-state index in [1.807, 2.05) is 42.5 Å². The number of carboxylic acid groups (broad SMARTS) is 1. The summed E-state index contributed by atoms with van der Waals surface area (Å²) in [5.41, 5.74) is 3.80. The molecule has 0 bridgehead atoms. The van der Waals surface area contributed by atoms with E-state index in [0.29, 0.717) is 16.6 Å². The summed E-state index contributed by atoms with van der Waals surface area (Å²) in [4.78, 5) is 19.1. The Morgan fingerprint density at radius 1 is 1.07 bits per heavy atom. The molecule has 0 saturated carbocycles. The van der Waals surface area contributed by atoms with Crippen molar-refractivity contribution in [1.29, 1.82) is 0 Å². The molecule has 5 nitrogen and oxygen atoms in total. The van der Waals surface area contributed by atoms with Gasteiger partial charge in [-0.2, -0.15) is 0 Å². The van der Waals surface area contributed by atoms with Crippen LogP contribution in [0.5, 0.6) is 0 Å². The van der Waals surface area contributed by atoms with Crippen LogP contribution >= 0.6 is 0 Å². The van der Waals surface area contributed by atoms with E-state index in [0.717, 1.165) is 55.8 Å². The molecule has 1 aliphatic rings. The fourth-order valence-corrected chi connectivity index (χ4v) is 3.77. The Labute approximate surface area is 165 Å². The van der Waals surface area contributed by atoms with E-state index in [1.54, 1.807) is 6.07 Å². The average Bonchev–Trinajstić information content (AvgIpc) is 3.00. The van der Waals surface area contributed by atoms with Gasteiger partial charge in [0, 0.05) is 30.6 Å². The van der Waals surface area contributed by atoms with Crippen molar-refractivity contribution in [1.82, 2.24) is 15.2 Å². The van der Waals surface area contributed by atoms with Crippen LogP contribution in [0.4, 0.5) is 0 Å². The molecule has 0 unspecified atom stereocenters. The van der Waals surface area contributed by atoms with Crippen molar-refractivity contribution in [3.8, 4) is 11.3 Å². The van der Waals surface area contributed by atoms with Gasteiger partial charge in [0.1, 0.15) is 0 Å². The Morgan fingerprint density at radius 2 is 1.93 bits per heavy atom. The van der Waals surface area contributed by atoms with Gasteiger partial charge < -0.3 is 15.3 Å². The highest BCUT2D eigenvalue weighted by atomic mass is 16.4. The van der Waals surface area contributed by atoms with E-state index in [1.165, 1.54) is 6.42 Å². The second-order valence-corrected chi connectivity index (χ2v) is 7.27. The minimum Gasteiger partial charge on any atom is -0.478 e. The Morgan fingerprint density at radius 3 is 2.75 bits per heavy atom.